The van der Waals surface area contributed by atoms with Crippen LogP contribution in [-0.2, 0) is 0 Å². The Morgan fingerprint density at radius 1 is 1.20 bits per heavy atom. The molecule has 3 aromatic rings. The van der Waals surface area contributed by atoms with Gasteiger partial charge in [-0.25, -0.2) is 4.52 Å². The van der Waals surface area contributed by atoms with Gasteiger partial charge < -0.3 is 5.32 Å². The molecule has 0 radical (unpaired) electrons. The van der Waals surface area contributed by atoms with Crippen LogP contribution in [0.1, 0.15) is 16.1 Å². The van der Waals surface area contributed by atoms with Crippen molar-refractivity contribution in [2.45, 2.75) is 6.92 Å². The number of aromatic nitrogens is 2. The van der Waals surface area contributed by atoms with Crippen LogP contribution in [0.3, 0.4) is 0 Å². The summed E-state index contributed by atoms with van der Waals surface area (Å²) in [6.45, 7) is 1.93. The van der Waals surface area contributed by atoms with Crippen molar-refractivity contribution in [3.05, 3.63) is 64.9 Å². The maximum Gasteiger partial charge on any atom is 0.277 e. The summed E-state index contributed by atoms with van der Waals surface area (Å²) >= 11 is 6.21. The fourth-order valence-electron chi connectivity index (χ4n) is 2.01. The number of rotatable bonds is 2. The van der Waals surface area contributed by atoms with Crippen molar-refractivity contribution in [1.82, 2.24) is 9.61 Å². The van der Waals surface area contributed by atoms with E-state index in [1.165, 1.54) is 0 Å². The zero-order valence-electron chi connectivity index (χ0n) is 10.8. The molecule has 1 aromatic carbocycles. The molecule has 0 saturated heterocycles. The Morgan fingerprint density at radius 3 is 2.70 bits per heavy atom. The molecule has 0 fully saturated rings. The van der Waals surface area contributed by atoms with Gasteiger partial charge in [0.2, 0.25) is 0 Å². The lowest BCUT2D eigenvalue weighted by molar-refractivity contribution is 0.102. The third-order valence-electron chi connectivity index (χ3n) is 3.09. The van der Waals surface area contributed by atoms with Crippen LogP contribution in [0, 0.1) is 6.92 Å². The maximum absolute atomic E-state index is 12.3. The molecular weight excluding hydrogens is 274 g/mol. The number of carbonyl (C=O) groups excluding carboxylic acids is 1. The van der Waals surface area contributed by atoms with Crippen molar-refractivity contribution < 1.29 is 4.79 Å². The highest BCUT2D eigenvalue weighted by molar-refractivity contribution is 6.37. The van der Waals surface area contributed by atoms with E-state index in [0.717, 1.165) is 11.3 Å². The largest absolute Gasteiger partial charge is 0.320 e. The molecule has 0 spiro atoms. The number of carbonyl (C=O) groups is 1. The standard InChI is InChI=1S/C15H12ClN3O/c1-10-6-2-3-7-11(10)17-15(20)14-13(16)12-8-4-5-9-19(12)18-14/h2-9H,1H3,(H,17,20). The summed E-state index contributed by atoms with van der Waals surface area (Å²) in [6.07, 6.45) is 1.76. The molecule has 2 aromatic heterocycles. The first-order valence-corrected chi connectivity index (χ1v) is 6.54. The van der Waals surface area contributed by atoms with Crippen LogP contribution in [0.5, 0.6) is 0 Å². The summed E-state index contributed by atoms with van der Waals surface area (Å²) in [5.41, 5.74) is 2.68. The third kappa shape index (κ3) is 2.14. The molecule has 0 aliphatic heterocycles. The van der Waals surface area contributed by atoms with E-state index < -0.39 is 0 Å². The van der Waals surface area contributed by atoms with Crippen LogP contribution in [0.25, 0.3) is 5.52 Å². The highest BCUT2D eigenvalue weighted by Crippen LogP contribution is 2.23. The molecule has 1 amide bonds. The van der Waals surface area contributed by atoms with Crippen LogP contribution >= 0.6 is 11.6 Å². The predicted octanol–water partition coefficient (Wildman–Crippen LogP) is 3.55. The van der Waals surface area contributed by atoms with Gasteiger partial charge in [0.1, 0.15) is 0 Å². The van der Waals surface area contributed by atoms with Gasteiger partial charge in [0.15, 0.2) is 5.69 Å². The number of anilines is 1. The summed E-state index contributed by atoms with van der Waals surface area (Å²) in [5.74, 6) is -0.312. The zero-order chi connectivity index (χ0) is 14.1. The van der Waals surface area contributed by atoms with Crippen molar-refractivity contribution >= 4 is 28.7 Å². The molecule has 0 saturated carbocycles. The van der Waals surface area contributed by atoms with Crippen molar-refractivity contribution in [2.75, 3.05) is 5.32 Å². The zero-order valence-corrected chi connectivity index (χ0v) is 11.6. The second kappa shape index (κ2) is 4.98. The van der Waals surface area contributed by atoms with Gasteiger partial charge in [0.05, 0.1) is 10.5 Å². The molecule has 3 rings (SSSR count). The summed E-state index contributed by atoms with van der Waals surface area (Å²) in [6, 6.07) is 13.1. The fraction of sp³-hybridized carbons (Fsp3) is 0.0667. The Morgan fingerprint density at radius 2 is 1.95 bits per heavy atom. The lowest BCUT2D eigenvalue weighted by Gasteiger charge is -2.06. The van der Waals surface area contributed by atoms with E-state index in [1.807, 2.05) is 49.4 Å². The van der Waals surface area contributed by atoms with Crippen LogP contribution in [-0.4, -0.2) is 15.5 Å². The molecule has 0 bridgehead atoms. The number of benzene rings is 1. The molecule has 20 heavy (non-hydrogen) atoms. The van der Waals surface area contributed by atoms with Crippen LogP contribution in [0.4, 0.5) is 5.69 Å². The van der Waals surface area contributed by atoms with Crippen LogP contribution < -0.4 is 5.32 Å². The number of aryl methyl sites for hydroxylation is 1. The number of nitrogens with one attached hydrogen (secondary N) is 1. The lowest BCUT2D eigenvalue weighted by atomic mass is 10.2. The van der Waals surface area contributed by atoms with E-state index in [4.69, 9.17) is 11.6 Å². The van der Waals surface area contributed by atoms with E-state index in [1.54, 1.807) is 10.7 Å². The Kier molecular flexibility index (Phi) is 3.16. The Balaban J connectivity index is 1.97. The van der Waals surface area contributed by atoms with Gasteiger partial charge in [0, 0.05) is 11.9 Å². The molecule has 4 nitrogen and oxygen atoms in total. The third-order valence-corrected chi connectivity index (χ3v) is 3.46. The summed E-state index contributed by atoms with van der Waals surface area (Å²) in [7, 11) is 0. The number of fused-ring (bicyclic) bond motifs is 1. The summed E-state index contributed by atoms with van der Waals surface area (Å²) in [5, 5.41) is 7.40. The number of nitrogens with zero attached hydrogens (tertiary/aromatic N) is 2. The van der Waals surface area contributed by atoms with E-state index >= 15 is 0 Å². The minimum atomic E-state index is -0.312. The summed E-state index contributed by atoms with van der Waals surface area (Å²) < 4.78 is 1.59. The monoisotopic (exact) mass is 285 g/mol. The topological polar surface area (TPSA) is 46.4 Å². The minimum Gasteiger partial charge on any atom is -0.320 e. The first-order chi connectivity index (χ1) is 9.66. The number of hydrogen-bond donors (Lipinski definition) is 1. The molecule has 2 heterocycles. The molecule has 0 aliphatic carbocycles. The predicted molar refractivity (Wildman–Crippen MR) is 79.3 cm³/mol. The highest BCUT2D eigenvalue weighted by atomic mass is 35.5. The Bertz CT molecular complexity index is 795. The smallest absolute Gasteiger partial charge is 0.277 e. The average molecular weight is 286 g/mol. The van der Waals surface area contributed by atoms with Crippen LogP contribution in [0.15, 0.2) is 48.7 Å². The number of para-hydroxylation sites is 1. The SMILES string of the molecule is Cc1ccccc1NC(=O)c1nn2ccccc2c1Cl. The molecular formula is C15H12ClN3O. The first kappa shape index (κ1) is 12.7. The van der Waals surface area contributed by atoms with Crippen molar-refractivity contribution in [3.63, 3.8) is 0 Å². The van der Waals surface area contributed by atoms with E-state index in [2.05, 4.69) is 10.4 Å². The van der Waals surface area contributed by atoms with Gasteiger partial charge in [0.25, 0.3) is 5.91 Å². The van der Waals surface area contributed by atoms with Gasteiger partial charge >= 0.3 is 0 Å². The molecule has 1 N–H and O–H groups in total. The van der Waals surface area contributed by atoms with Gasteiger partial charge in [-0.2, -0.15) is 5.10 Å². The normalized spacial score (nSPS) is 10.7. The van der Waals surface area contributed by atoms with Gasteiger partial charge in [-0.3, -0.25) is 4.79 Å². The minimum absolute atomic E-state index is 0.223. The number of halogens is 1. The van der Waals surface area contributed by atoms with E-state index in [-0.39, 0.29) is 11.6 Å². The molecule has 5 heteroatoms. The van der Waals surface area contributed by atoms with Gasteiger partial charge in [-0.05, 0) is 30.7 Å². The molecule has 100 valence electrons. The Hall–Kier alpha value is -2.33. The maximum atomic E-state index is 12.3. The van der Waals surface area contributed by atoms with E-state index in [9.17, 15) is 4.79 Å². The number of hydrogen-bond acceptors (Lipinski definition) is 2. The molecule has 0 unspecified atom stereocenters. The van der Waals surface area contributed by atoms with Crippen LogP contribution in [0.2, 0.25) is 5.02 Å². The highest BCUT2D eigenvalue weighted by Gasteiger charge is 2.18. The lowest BCUT2D eigenvalue weighted by Crippen LogP contribution is -2.14. The summed E-state index contributed by atoms with van der Waals surface area (Å²) in [4.78, 5) is 12.3. The molecule has 0 aliphatic rings. The van der Waals surface area contributed by atoms with Crippen molar-refractivity contribution in [2.24, 2.45) is 0 Å². The fourth-order valence-corrected chi connectivity index (χ4v) is 2.28. The quantitative estimate of drug-likeness (QED) is 0.783. The van der Waals surface area contributed by atoms with Crippen molar-refractivity contribution in [1.29, 1.82) is 0 Å². The van der Waals surface area contributed by atoms with E-state index in [0.29, 0.717) is 10.5 Å². The number of pyridine rings is 1. The second-order valence-corrected chi connectivity index (χ2v) is 4.84. The van der Waals surface area contributed by atoms with Crippen molar-refractivity contribution in [3.8, 4) is 0 Å². The number of amides is 1. The molecule has 0 atom stereocenters. The first-order valence-electron chi connectivity index (χ1n) is 6.16. The van der Waals surface area contributed by atoms with Gasteiger partial charge in [-0.1, -0.05) is 35.9 Å². The van der Waals surface area contributed by atoms with Gasteiger partial charge in [-0.15, -0.1) is 0 Å². The Labute approximate surface area is 121 Å². The average Bonchev–Trinajstić information content (AvgIpc) is 2.79. The second-order valence-electron chi connectivity index (χ2n) is 4.46.